The first-order valence-electron chi connectivity index (χ1n) is 6.86. The molecule has 118 valence electrons. The number of H-pyrrole nitrogens is 1. The second-order valence-electron chi connectivity index (χ2n) is 5.05. The molecule has 0 atom stereocenters. The molecular formula is C16H13ClFN3OS. The van der Waals surface area contributed by atoms with Crippen molar-refractivity contribution in [3.63, 3.8) is 0 Å². The van der Waals surface area contributed by atoms with Crippen LogP contribution in [0.4, 0.5) is 10.1 Å². The zero-order valence-corrected chi connectivity index (χ0v) is 13.8. The maximum atomic E-state index is 13.3. The Balaban J connectivity index is 2.03. The van der Waals surface area contributed by atoms with E-state index in [4.69, 9.17) is 11.6 Å². The summed E-state index contributed by atoms with van der Waals surface area (Å²) in [7, 11) is 0. The van der Waals surface area contributed by atoms with Crippen LogP contribution in [-0.2, 0) is 6.54 Å². The summed E-state index contributed by atoms with van der Waals surface area (Å²) in [6.45, 7) is 2.15. The van der Waals surface area contributed by atoms with Gasteiger partial charge in [0, 0.05) is 5.02 Å². The minimum atomic E-state index is -0.335. The Morgan fingerprint density at radius 2 is 2.13 bits per heavy atom. The van der Waals surface area contributed by atoms with E-state index < -0.39 is 0 Å². The van der Waals surface area contributed by atoms with Crippen molar-refractivity contribution in [1.29, 1.82) is 0 Å². The molecule has 1 aromatic heterocycles. The standard InChI is InChI=1S/C16H13ClFN3OS/c1-10-5-6-13(8-14(10)17)19-16-21(15(22)20-23-16)9-11-3-2-4-12(18)7-11/h2-8H,9H2,1H3,(H,20,22). The number of nitrogens with one attached hydrogen (secondary N) is 1. The van der Waals surface area contributed by atoms with Crippen LogP contribution in [0.15, 0.2) is 52.3 Å². The monoisotopic (exact) mass is 349 g/mol. The lowest BCUT2D eigenvalue weighted by molar-refractivity contribution is 0.622. The van der Waals surface area contributed by atoms with Gasteiger partial charge < -0.3 is 0 Å². The molecule has 4 nitrogen and oxygen atoms in total. The normalized spacial score (nSPS) is 11.9. The van der Waals surface area contributed by atoms with Gasteiger partial charge in [-0.1, -0.05) is 29.8 Å². The Bertz CT molecular complexity index is 974. The van der Waals surface area contributed by atoms with Gasteiger partial charge in [0.1, 0.15) is 5.82 Å². The molecule has 0 spiro atoms. The van der Waals surface area contributed by atoms with E-state index in [0.717, 1.165) is 17.1 Å². The highest BCUT2D eigenvalue weighted by atomic mass is 35.5. The first-order chi connectivity index (χ1) is 11.0. The topological polar surface area (TPSA) is 50.1 Å². The minimum Gasteiger partial charge on any atom is -0.263 e. The fourth-order valence-electron chi connectivity index (χ4n) is 2.09. The second kappa shape index (κ2) is 6.52. The largest absolute Gasteiger partial charge is 0.337 e. The summed E-state index contributed by atoms with van der Waals surface area (Å²) in [5.74, 6) is -0.335. The molecule has 3 rings (SSSR count). The van der Waals surface area contributed by atoms with Gasteiger partial charge in [0.25, 0.3) is 0 Å². The molecule has 1 N–H and O–H groups in total. The third-order valence-electron chi connectivity index (χ3n) is 3.32. The number of benzene rings is 2. The Kier molecular flexibility index (Phi) is 4.45. The summed E-state index contributed by atoms with van der Waals surface area (Å²) in [4.78, 5) is 16.9. The Hall–Kier alpha value is -2.18. The van der Waals surface area contributed by atoms with E-state index in [1.807, 2.05) is 19.1 Å². The van der Waals surface area contributed by atoms with E-state index in [1.54, 1.807) is 18.2 Å². The summed E-state index contributed by atoms with van der Waals surface area (Å²) in [5.41, 5.74) is 2.03. The predicted octanol–water partition coefficient (Wildman–Crippen LogP) is 3.62. The Labute approximate surface area is 140 Å². The molecule has 23 heavy (non-hydrogen) atoms. The fourth-order valence-corrected chi connectivity index (χ4v) is 2.96. The number of aromatic nitrogens is 2. The molecule has 2 aromatic carbocycles. The van der Waals surface area contributed by atoms with Gasteiger partial charge in [-0.3, -0.25) is 8.94 Å². The van der Waals surface area contributed by atoms with Crippen LogP contribution < -0.4 is 10.5 Å². The molecule has 0 fully saturated rings. The van der Waals surface area contributed by atoms with Crippen molar-refractivity contribution >= 4 is 28.8 Å². The molecule has 0 aliphatic rings. The van der Waals surface area contributed by atoms with Gasteiger partial charge in [-0.2, -0.15) is 0 Å². The van der Waals surface area contributed by atoms with E-state index in [0.29, 0.717) is 21.1 Å². The van der Waals surface area contributed by atoms with E-state index in [-0.39, 0.29) is 18.1 Å². The van der Waals surface area contributed by atoms with E-state index in [9.17, 15) is 9.18 Å². The van der Waals surface area contributed by atoms with Crippen molar-refractivity contribution in [2.45, 2.75) is 13.5 Å². The summed E-state index contributed by atoms with van der Waals surface area (Å²) >= 11 is 7.22. The molecule has 0 saturated carbocycles. The summed E-state index contributed by atoms with van der Waals surface area (Å²) in [5, 5.41) is 0.616. The molecule has 0 unspecified atom stereocenters. The average molecular weight is 350 g/mol. The number of halogens is 2. The lowest BCUT2D eigenvalue weighted by Gasteiger charge is -2.02. The zero-order valence-electron chi connectivity index (χ0n) is 12.2. The van der Waals surface area contributed by atoms with Gasteiger partial charge in [-0.25, -0.2) is 14.2 Å². The third kappa shape index (κ3) is 3.60. The van der Waals surface area contributed by atoms with Crippen molar-refractivity contribution in [2.24, 2.45) is 4.99 Å². The van der Waals surface area contributed by atoms with Crippen LogP contribution in [0.5, 0.6) is 0 Å². The van der Waals surface area contributed by atoms with Crippen LogP contribution in [0.3, 0.4) is 0 Å². The Morgan fingerprint density at radius 1 is 1.30 bits per heavy atom. The van der Waals surface area contributed by atoms with Crippen molar-refractivity contribution in [2.75, 3.05) is 0 Å². The summed E-state index contributed by atoms with van der Waals surface area (Å²) in [6.07, 6.45) is 0. The van der Waals surface area contributed by atoms with Crippen LogP contribution >= 0.6 is 23.1 Å². The molecule has 1 heterocycles. The highest BCUT2D eigenvalue weighted by molar-refractivity contribution is 7.02. The first kappa shape index (κ1) is 15.7. The van der Waals surface area contributed by atoms with Crippen molar-refractivity contribution in [3.8, 4) is 0 Å². The molecule has 7 heteroatoms. The lowest BCUT2D eigenvalue weighted by Crippen LogP contribution is -2.27. The smallest absolute Gasteiger partial charge is 0.263 e. The molecule has 0 aliphatic heterocycles. The number of aromatic amines is 1. The molecule has 0 bridgehead atoms. The maximum Gasteiger partial charge on any atom is 0.337 e. The van der Waals surface area contributed by atoms with Crippen molar-refractivity contribution in [1.82, 2.24) is 8.94 Å². The number of rotatable bonds is 3. The summed E-state index contributed by atoms with van der Waals surface area (Å²) in [6, 6.07) is 11.6. The number of aryl methyl sites for hydroxylation is 1. The van der Waals surface area contributed by atoms with Crippen LogP contribution in [0.2, 0.25) is 5.02 Å². The van der Waals surface area contributed by atoms with Gasteiger partial charge in [0.15, 0.2) is 0 Å². The predicted molar refractivity (Wildman–Crippen MR) is 89.8 cm³/mol. The maximum absolute atomic E-state index is 13.3. The number of hydrogen-bond acceptors (Lipinski definition) is 3. The van der Waals surface area contributed by atoms with Crippen LogP contribution in [0, 0.1) is 12.7 Å². The first-order valence-corrected chi connectivity index (χ1v) is 8.06. The molecular weight excluding hydrogens is 337 g/mol. The van der Waals surface area contributed by atoms with Crippen LogP contribution in [-0.4, -0.2) is 8.94 Å². The molecule has 0 saturated heterocycles. The zero-order chi connectivity index (χ0) is 16.4. The second-order valence-corrected chi connectivity index (χ2v) is 6.23. The summed E-state index contributed by atoms with van der Waals surface area (Å²) < 4.78 is 17.4. The van der Waals surface area contributed by atoms with Gasteiger partial charge >= 0.3 is 5.69 Å². The fraction of sp³-hybridized carbons (Fsp3) is 0.125. The quantitative estimate of drug-likeness (QED) is 0.771. The van der Waals surface area contributed by atoms with Crippen LogP contribution in [0.25, 0.3) is 0 Å². The molecule has 0 aliphatic carbocycles. The van der Waals surface area contributed by atoms with Gasteiger partial charge in [0.05, 0.1) is 12.2 Å². The molecule has 0 amide bonds. The number of hydrogen-bond donors (Lipinski definition) is 1. The van der Waals surface area contributed by atoms with E-state index >= 15 is 0 Å². The van der Waals surface area contributed by atoms with E-state index in [1.165, 1.54) is 16.7 Å². The van der Waals surface area contributed by atoms with E-state index in [2.05, 4.69) is 9.37 Å². The highest BCUT2D eigenvalue weighted by Gasteiger charge is 2.05. The van der Waals surface area contributed by atoms with Crippen molar-refractivity contribution in [3.05, 3.63) is 79.7 Å². The molecule has 0 radical (unpaired) electrons. The number of nitrogens with zero attached hydrogens (tertiary/aromatic N) is 2. The molecule has 3 aromatic rings. The van der Waals surface area contributed by atoms with Gasteiger partial charge in [-0.05, 0) is 53.8 Å². The third-order valence-corrected chi connectivity index (χ3v) is 4.49. The van der Waals surface area contributed by atoms with Crippen molar-refractivity contribution < 1.29 is 4.39 Å². The van der Waals surface area contributed by atoms with Gasteiger partial charge in [0.2, 0.25) is 4.80 Å². The SMILES string of the molecule is Cc1ccc(N=c2s[nH]c(=O)n2Cc2cccc(F)c2)cc1Cl. The Morgan fingerprint density at radius 3 is 2.87 bits per heavy atom. The van der Waals surface area contributed by atoms with Crippen LogP contribution in [0.1, 0.15) is 11.1 Å². The van der Waals surface area contributed by atoms with Gasteiger partial charge in [-0.15, -0.1) is 0 Å². The highest BCUT2D eigenvalue weighted by Crippen LogP contribution is 2.21. The lowest BCUT2D eigenvalue weighted by atomic mass is 10.2. The minimum absolute atomic E-state index is 0.245. The average Bonchev–Trinajstić information content (AvgIpc) is 2.84.